The van der Waals surface area contributed by atoms with Crippen molar-refractivity contribution < 1.29 is 4.79 Å². The van der Waals surface area contributed by atoms with Crippen molar-refractivity contribution in [1.82, 2.24) is 4.90 Å². The summed E-state index contributed by atoms with van der Waals surface area (Å²) in [5.41, 5.74) is 1.31. The van der Waals surface area contributed by atoms with Crippen LogP contribution in [0.5, 0.6) is 0 Å². The molecule has 1 heterocycles. The minimum Gasteiger partial charge on any atom is -0.302 e. The van der Waals surface area contributed by atoms with Gasteiger partial charge in [0, 0.05) is 11.2 Å². The van der Waals surface area contributed by atoms with E-state index >= 15 is 0 Å². The molecule has 0 spiro atoms. The van der Waals surface area contributed by atoms with E-state index in [1.165, 1.54) is 15.6 Å². The second kappa shape index (κ2) is 4.55. The summed E-state index contributed by atoms with van der Waals surface area (Å²) in [7, 11) is 1.96. The van der Waals surface area contributed by atoms with Crippen LogP contribution in [0.15, 0.2) is 29.6 Å². The molecule has 0 saturated heterocycles. The molecule has 0 bridgehead atoms. The van der Waals surface area contributed by atoms with Gasteiger partial charge in [0.2, 0.25) is 0 Å². The Bertz CT molecular complexity index is 463. The molecular weight excluding hydrogens is 206 g/mol. The second-order valence-electron chi connectivity index (χ2n) is 3.62. The van der Waals surface area contributed by atoms with E-state index in [2.05, 4.69) is 29.6 Å². The molecule has 2 aromatic rings. The van der Waals surface area contributed by atoms with Gasteiger partial charge in [-0.25, -0.2) is 0 Å². The third kappa shape index (κ3) is 2.25. The quantitative estimate of drug-likeness (QED) is 0.736. The Balaban J connectivity index is 2.24. The first-order valence-electron chi connectivity index (χ1n) is 4.88. The van der Waals surface area contributed by atoms with Gasteiger partial charge < -0.3 is 4.79 Å². The molecule has 0 aliphatic heterocycles. The Hall–Kier alpha value is -1.19. The first-order valence-corrected chi connectivity index (χ1v) is 5.76. The van der Waals surface area contributed by atoms with Gasteiger partial charge in [-0.1, -0.05) is 18.2 Å². The number of rotatable bonds is 4. The number of hydrogen-bond acceptors (Lipinski definition) is 3. The fourth-order valence-electron chi connectivity index (χ4n) is 1.64. The molecule has 2 rings (SSSR count). The number of nitrogens with zero attached hydrogens (tertiary/aromatic N) is 1. The summed E-state index contributed by atoms with van der Waals surface area (Å²) in [5.74, 6) is 0. The predicted molar refractivity (Wildman–Crippen MR) is 64.2 cm³/mol. The maximum Gasteiger partial charge on any atom is 0.133 e. The highest BCUT2D eigenvalue weighted by Gasteiger charge is 2.05. The van der Waals surface area contributed by atoms with Crippen LogP contribution in [0.3, 0.4) is 0 Å². The maximum absolute atomic E-state index is 10.4. The van der Waals surface area contributed by atoms with Crippen molar-refractivity contribution in [2.75, 3.05) is 13.6 Å². The third-order valence-electron chi connectivity index (χ3n) is 2.39. The third-order valence-corrected chi connectivity index (χ3v) is 3.40. The lowest BCUT2D eigenvalue weighted by Crippen LogP contribution is -2.19. The lowest BCUT2D eigenvalue weighted by Gasteiger charge is -2.11. The fraction of sp³-hybridized carbons (Fsp3) is 0.250. The monoisotopic (exact) mass is 219 g/mol. The van der Waals surface area contributed by atoms with Crippen molar-refractivity contribution in [1.29, 1.82) is 0 Å². The molecule has 3 heteroatoms. The lowest BCUT2D eigenvalue weighted by atomic mass is 10.2. The molecule has 1 aromatic carbocycles. The van der Waals surface area contributed by atoms with Crippen LogP contribution in [0.25, 0.3) is 10.1 Å². The van der Waals surface area contributed by atoms with Crippen LogP contribution >= 0.6 is 11.3 Å². The highest BCUT2D eigenvalue weighted by molar-refractivity contribution is 7.17. The Morgan fingerprint density at radius 3 is 3.00 bits per heavy atom. The average molecular weight is 219 g/mol. The van der Waals surface area contributed by atoms with E-state index in [0.29, 0.717) is 6.54 Å². The summed E-state index contributed by atoms with van der Waals surface area (Å²) >= 11 is 1.76. The summed E-state index contributed by atoms with van der Waals surface area (Å²) in [6, 6.07) is 8.37. The molecular formula is C12H13NOS. The Morgan fingerprint density at radius 2 is 2.20 bits per heavy atom. The summed E-state index contributed by atoms with van der Waals surface area (Å²) in [6.07, 6.45) is 0.939. The molecule has 0 aliphatic rings. The Kier molecular flexibility index (Phi) is 3.14. The van der Waals surface area contributed by atoms with E-state index in [-0.39, 0.29) is 0 Å². The van der Waals surface area contributed by atoms with Gasteiger partial charge in [0.1, 0.15) is 6.29 Å². The molecule has 0 amide bonds. The first kappa shape index (κ1) is 10.3. The zero-order chi connectivity index (χ0) is 10.7. The Labute approximate surface area is 93.1 Å². The molecule has 0 aliphatic carbocycles. The van der Waals surface area contributed by atoms with Crippen LogP contribution in [0, 0.1) is 0 Å². The van der Waals surface area contributed by atoms with Crippen LogP contribution in [0.1, 0.15) is 5.56 Å². The van der Waals surface area contributed by atoms with Crippen molar-refractivity contribution in [3.05, 3.63) is 35.2 Å². The van der Waals surface area contributed by atoms with Crippen molar-refractivity contribution in [2.45, 2.75) is 6.54 Å². The highest BCUT2D eigenvalue weighted by Crippen LogP contribution is 2.26. The van der Waals surface area contributed by atoms with E-state index in [9.17, 15) is 4.79 Å². The minimum absolute atomic E-state index is 0.490. The van der Waals surface area contributed by atoms with Gasteiger partial charge in [-0.3, -0.25) is 4.90 Å². The van der Waals surface area contributed by atoms with Gasteiger partial charge in [0.25, 0.3) is 0 Å². The number of fused-ring (bicyclic) bond motifs is 1. The van der Waals surface area contributed by atoms with E-state index in [0.717, 1.165) is 12.8 Å². The second-order valence-corrected chi connectivity index (χ2v) is 4.53. The van der Waals surface area contributed by atoms with Crippen molar-refractivity contribution in [3.8, 4) is 0 Å². The SMILES string of the molecule is CN(CC=O)Cc1csc2ccccc12. The summed E-state index contributed by atoms with van der Waals surface area (Å²) in [4.78, 5) is 12.4. The zero-order valence-electron chi connectivity index (χ0n) is 8.64. The molecule has 0 N–H and O–H groups in total. The number of carbonyl (C=O) groups excluding carboxylic acids is 1. The lowest BCUT2D eigenvalue weighted by molar-refractivity contribution is -0.108. The molecule has 0 radical (unpaired) electrons. The molecule has 2 nitrogen and oxygen atoms in total. The number of likely N-dealkylation sites (N-methyl/N-ethyl adjacent to an activating group) is 1. The zero-order valence-corrected chi connectivity index (χ0v) is 9.46. The van der Waals surface area contributed by atoms with E-state index in [4.69, 9.17) is 0 Å². The van der Waals surface area contributed by atoms with Crippen LogP contribution in [-0.4, -0.2) is 24.8 Å². The van der Waals surface area contributed by atoms with E-state index < -0.39 is 0 Å². The molecule has 0 saturated carbocycles. The van der Waals surface area contributed by atoms with E-state index in [1.54, 1.807) is 11.3 Å². The minimum atomic E-state index is 0.490. The van der Waals surface area contributed by atoms with Gasteiger partial charge in [-0.2, -0.15) is 0 Å². The normalized spacial score (nSPS) is 11.1. The topological polar surface area (TPSA) is 20.3 Å². The molecule has 15 heavy (non-hydrogen) atoms. The number of carbonyl (C=O) groups is 1. The largest absolute Gasteiger partial charge is 0.302 e. The van der Waals surface area contributed by atoms with Gasteiger partial charge in [-0.15, -0.1) is 11.3 Å². The van der Waals surface area contributed by atoms with Crippen molar-refractivity contribution in [2.24, 2.45) is 0 Å². The van der Waals surface area contributed by atoms with Crippen molar-refractivity contribution >= 4 is 27.7 Å². The standard InChI is InChI=1S/C12H13NOS/c1-13(6-7-14)8-10-9-15-12-5-3-2-4-11(10)12/h2-5,7,9H,6,8H2,1H3. The average Bonchev–Trinajstić information content (AvgIpc) is 2.62. The van der Waals surface area contributed by atoms with Gasteiger partial charge in [-0.05, 0) is 29.4 Å². The number of thiophene rings is 1. The van der Waals surface area contributed by atoms with Crippen LogP contribution in [0.2, 0.25) is 0 Å². The molecule has 1 aromatic heterocycles. The van der Waals surface area contributed by atoms with Gasteiger partial charge in [0.15, 0.2) is 0 Å². The van der Waals surface area contributed by atoms with Crippen LogP contribution in [-0.2, 0) is 11.3 Å². The first-order chi connectivity index (χ1) is 7.31. The molecule has 78 valence electrons. The summed E-state index contributed by atoms with van der Waals surface area (Å²) in [6.45, 7) is 1.33. The number of benzene rings is 1. The van der Waals surface area contributed by atoms with Gasteiger partial charge >= 0.3 is 0 Å². The summed E-state index contributed by atoms with van der Waals surface area (Å²) < 4.78 is 1.31. The van der Waals surface area contributed by atoms with Crippen molar-refractivity contribution in [3.63, 3.8) is 0 Å². The van der Waals surface area contributed by atoms with Gasteiger partial charge in [0.05, 0.1) is 6.54 Å². The fourth-order valence-corrected chi connectivity index (χ4v) is 2.59. The maximum atomic E-state index is 10.4. The predicted octanol–water partition coefficient (Wildman–Crippen LogP) is 2.53. The van der Waals surface area contributed by atoms with Crippen LogP contribution in [0.4, 0.5) is 0 Å². The molecule has 0 atom stereocenters. The number of aldehydes is 1. The Morgan fingerprint density at radius 1 is 1.40 bits per heavy atom. The highest BCUT2D eigenvalue weighted by atomic mass is 32.1. The van der Waals surface area contributed by atoms with E-state index in [1.807, 2.05) is 11.9 Å². The number of hydrogen-bond donors (Lipinski definition) is 0. The summed E-state index contributed by atoms with van der Waals surface area (Å²) in [5, 5.41) is 3.48. The molecule has 0 unspecified atom stereocenters. The van der Waals surface area contributed by atoms with Crippen LogP contribution < -0.4 is 0 Å². The molecule has 0 fully saturated rings. The smallest absolute Gasteiger partial charge is 0.133 e.